The zero-order chi connectivity index (χ0) is 20.6. The maximum atomic E-state index is 6.07. The van der Waals surface area contributed by atoms with Crippen LogP contribution >= 0.6 is 0 Å². The van der Waals surface area contributed by atoms with Crippen LogP contribution in [0.1, 0.15) is 122 Å². The topological polar surface area (TPSA) is 53.6 Å². The van der Waals surface area contributed by atoms with E-state index < -0.39 is 0 Å². The second-order valence-corrected chi connectivity index (χ2v) is 9.55. The van der Waals surface area contributed by atoms with Crippen LogP contribution in [0.5, 0.6) is 0 Å². The molecule has 0 spiro atoms. The van der Waals surface area contributed by atoms with Gasteiger partial charge in [0, 0.05) is 18.6 Å². The van der Waals surface area contributed by atoms with Crippen LogP contribution in [-0.2, 0) is 0 Å². The van der Waals surface area contributed by atoms with Crippen molar-refractivity contribution >= 4 is 5.96 Å². The van der Waals surface area contributed by atoms with Gasteiger partial charge >= 0.3 is 0 Å². The van der Waals surface area contributed by atoms with Crippen molar-refractivity contribution in [3.05, 3.63) is 0 Å². The summed E-state index contributed by atoms with van der Waals surface area (Å²) in [6, 6.07) is 1.44. The molecule has 2 saturated carbocycles. The van der Waals surface area contributed by atoms with Crippen molar-refractivity contribution in [2.75, 3.05) is 19.6 Å². The first-order valence-electron chi connectivity index (χ1n) is 13.1. The molecule has 0 aromatic carbocycles. The Morgan fingerprint density at radius 2 is 1.38 bits per heavy atom. The van der Waals surface area contributed by atoms with E-state index in [0.717, 1.165) is 12.6 Å². The van der Waals surface area contributed by atoms with Crippen LogP contribution in [0.3, 0.4) is 0 Å². The minimum atomic E-state index is 0.565. The molecule has 0 heterocycles. The normalized spacial score (nSPS) is 19.7. The van der Waals surface area contributed by atoms with Crippen LogP contribution in [0, 0.1) is 0 Å². The van der Waals surface area contributed by atoms with E-state index in [1.807, 2.05) is 0 Å². The number of nitrogens with two attached hydrogens (primary N) is 1. The molecule has 0 aliphatic heterocycles. The quantitative estimate of drug-likeness (QED) is 0.211. The fourth-order valence-electron chi connectivity index (χ4n) is 5.15. The summed E-state index contributed by atoms with van der Waals surface area (Å²) in [5.41, 5.74) is 6.07. The standard InChI is InChI=1S/C25H50N4/c1-2-3-4-14-21-29(24-18-11-8-12-19-24)22-15-6-5-13-20-27-25(26)28-23-16-9-7-10-17-23/h23-24H,2-22H2,1H3,(H3,26,27,28). The first kappa shape index (κ1) is 24.5. The number of hydrogen-bond acceptors (Lipinski definition) is 2. The smallest absolute Gasteiger partial charge is 0.188 e. The number of rotatable bonds is 14. The minimum absolute atomic E-state index is 0.565. The molecule has 4 nitrogen and oxygen atoms in total. The van der Waals surface area contributed by atoms with Gasteiger partial charge in [0.05, 0.1) is 0 Å². The summed E-state index contributed by atoms with van der Waals surface area (Å²) in [5.74, 6) is 0.674. The Balaban J connectivity index is 1.54. The van der Waals surface area contributed by atoms with Crippen molar-refractivity contribution < 1.29 is 0 Å². The average Bonchev–Trinajstić information content (AvgIpc) is 2.76. The predicted octanol–water partition coefficient (Wildman–Crippen LogP) is 6.00. The Hall–Kier alpha value is -0.770. The molecule has 0 amide bonds. The highest BCUT2D eigenvalue weighted by Gasteiger charge is 2.20. The van der Waals surface area contributed by atoms with Gasteiger partial charge in [0.2, 0.25) is 0 Å². The average molecular weight is 407 g/mol. The van der Waals surface area contributed by atoms with Gasteiger partial charge in [-0.25, -0.2) is 0 Å². The van der Waals surface area contributed by atoms with E-state index in [9.17, 15) is 0 Å². The van der Waals surface area contributed by atoms with Crippen LogP contribution in [0.2, 0.25) is 0 Å². The van der Waals surface area contributed by atoms with Gasteiger partial charge in [0.15, 0.2) is 5.96 Å². The third-order valence-corrected chi connectivity index (χ3v) is 6.98. The lowest BCUT2D eigenvalue weighted by atomic mass is 9.93. The second kappa shape index (κ2) is 16.0. The molecular weight excluding hydrogens is 356 g/mol. The number of nitrogens with zero attached hydrogens (tertiary/aromatic N) is 2. The molecule has 2 aliphatic rings. The predicted molar refractivity (Wildman–Crippen MR) is 128 cm³/mol. The van der Waals surface area contributed by atoms with E-state index in [0.29, 0.717) is 12.0 Å². The summed E-state index contributed by atoms with van der Waals surface area (Å²) in [6.07, 6.45) is 24.5. The Labute approximate surface area is 181 Å². The maximum Gasteiger partial charge on any atom is 0.188 e. The Morgan fingerprint density at radius 3 is 2.03 bits per heavy atom. The highest BCUT2D eigenvalue weighted by Crippen LogP contribution is 2.23. The van der Waals surface area contributed by atoms with Crippen LogP contribution < -0.4 is 11.1 Å². The summed E-state index contributed by atoms with van der Waals surface area (Å²) in [7, 11) is 0. The van der Waals surface area contributed by atoms with Gasteiger partial charge in [-0.3, -0.25) is 4.99 Å². The third kappa shape index (κ3) is 11.3. The van der Waals surface area contributed by atoms with Gasteiger partial charge in [-0.1, -0.05) is 77.6 Å². The number of nitrogens with one attached hydrogen (secondary N) is 1. The minimum Gasteiger partial charge on any atom is -0.370 e. The third-order valence-electron chi connectivity index (χ3n) is 6.98. The van der Waals surface area contributed by atoms with Gasteiger partial charge in [-0.15, -0.1) is 0 Å². The molecule has 2 aliphatic carbocycles. The first-order chi connectivity index (χ1) is 14.3. The van der Waals surface area contributed by atoms with Crippen LogP contribution in [0.4, 0.5) is 0 Å². The summed E-state index contributed by atoms with van der Waals surface area (Å²) < 4.78 is 0. The fraction of sp³-hybridized carbons (Fsp3) is 0.960. The van der Waals surface area contributed by atoms with Crippen molar-refractivity contribution in [1.82, 2.24) is 10.2 Å². The van der Waals surface area contributed by atoms with Crippen molar-refractivity contribution in [3.8, 4) is 0 Å². The molecule has 3 N–H and O–H groups in total. The van der Waals surface area contributed by atoms with E-state index in [-0.39, 0.29) is 0 Å². The monoisotopic (exact) mass is 406 g/mol. The van der Waals surface area contributed by atoms with E-state index in [1.165, 1.54) is 129 Å². The van der Waals surface area contributed by atoms with Crippen molar-refractivity contribution in [1.29, 1.82) is 0 Å². The lowest BCUT2D eigenvalue weighted by molar-refractivity contribution is 0.150. The van der Waals surface area contributed by atoms with Crippen molar-refractivity contribution in [2.45, 2.75) is 135 Å². The molecule has 0 aromatic rings. The zero-order valence-corrected chi connectivity index (χ0v) is 19.5. The SMILES string of the molecule is CCCCCCN(CCCCCCN=C(N)NC1CCCCC1)C1CCCCC1. The van der Waals surface area contributed by atoms with E-state index in [4.69, 9.17) is 5.73 Å². The maximum absolute atomic E-state index is 6.07. The van der Waals surface area contributed by atoms with Crippen LogP contribution in [0.25, 0.3) is 0 Å². The van der Waals surface area contributed by atoms with Crippen molar-refractivity contribution in [2.24, 2.45) is 10.7 Å². The van der Waals surface area contributed by atoms with Gasteiger partial charge < -0.3 is 16.0 Å². The van der Waals surface area contributed by atoms with Gasteiger partial charge in [-0.05, 0) is 58.0 Å². The molecule has 0 aromatic heterocycles. The van der Waals surface area contributed by atoms with Crippen LogP contribution in [-0.4, -0.2) is 42.6 Å². The number of guanidine groups is 1. The largest absolute Gasteiger partial charge is 0.370 e. The van der Waals surface area contributed by atoms with Gasteiger partial charge in [-0.2, -0.15) is 0 Å². The summed E-state index contributed by atoms with van der Waals surface area (Å²) in [6.45, 7) is 5.83. The molecule has 0 unspecified atom stereocenters. The Bertz CT molecular complexity index is 411. The highest BCUT2D eigenvalue weighted by atomic mass is 15.1. The zero-order valence-electron chi connectivity index (χ0n) is 19.5. The van der Waals surface area contributed by atoms with Crippen molar-refractivity contribution in [3.63, 3.8) is 0 Å². The molecule has 2 fully saturated rings. The molecule has 0 atom stereocenters. The number of unbranched alkanes of at least 4 members (excludes halogenated alkanes) is 6. The van der Waals surface area contributed by atoms with E-state index in [2.05, 4.69) is 22.1 Å². The van der Waals surface area contributed by atoms with E-state index in [1.54, 1.807) is 0 Å². The Morgan fingerprint density at radius 1 is 0.793 bits per heavy atom. The summed E-state index contributed by atoms with van der Waals surface area (Å²) in [4.78, 5) is 7.40. The van der Waals surface area contributed by atoms with Gasteiger partial charge in [0.1, 0.15) is 0 Å². The van der Waals surface area contributed by atoms with Gasteiger partial charge in [0.25, 0.3) is 0 Å². The fourth-order valence-corrected chi connectivity index (χ4v) is 5.15. The lowest BCUT2D eigenvalue weighted by Crippen LogP contribution is -2.41. The van der Waals surface area contributed by atoms with E-state index >= 15 is 0 Å². The molecule has 0 radical (unpaired) electrons. The molecule has 4 heteroatoms. The molecule has 0 saturated heterocycles. The highest BCUT2D eigenvalue weighted by molar-refractivity contribution is 5.78. The first-order valence-corrected chi connectivity index (χ1v) is 13.1. The van der Waals surface area contributed by atoms with Crippen LogP contribution in [0.15, 0.2) is 4.99 Å². The molecule has 2 rings (SSSR count). The lowest BCUT2D eigenvalue weighted by Gasteiger charge is -2.34. The molecule has 29 heavy (non-hydrogen) atoms. The second-order valence-electron chi connectivity index (χ2n) is 9.55. The number of aliphatic imine (C=N–C) groups is 1. The number of hydrogen-bond donors (Lipinski definition) is 2. The summed E-state index contributed by atoms with van der Waals surface area (Å²) >= 11 is 0. The molecule has 0 bridgehead atoms. The molecule has 170 valence electrons. The Kier molecular flexibility index (Phi) is 13.5. The molecular formula is C25H50N4. The summed E-state index contributed by atoms with van der Waals surface area (Å²) in [5, 5.41) is 3.42.